The number of nitrogens with zero attached hydrogens (tertiary/aromatic N) is 2. The van der Waals surface area contributed by atoms with Crippen molar-refractivity contribution in [2.45, 2.75) is 78.8 Å². The molecule has 0 aliphatic rings. The van der Waals surface area contributed by atoms with Crippen LogP contribution in [0.4, 0.5) is 0 Å². The molecule has 0 spiro atoms. The lowest BCUT2D eigenvalue weighted by Crippen LogP contribution is -2.29. The Balaban J connectivity index is 2.49. The molecule has 4 heteroatoms. The molecule has 0 amide bonds. The Kier molecular flexibility index (Phi) is 8.46. The molecule has 1 aromatic heterocycles. The number of aryl methyl sites for hydroxylation is 2. The zero-order valence-corrected chi connectivity index (χ0v) is 15.1. The maximum atomic E-state index is 4.57. The van der Waals surface area contributed by atoms with Gasteiger partial charge in [-0.05, 0) is 68.4 Å². The number of hydrogen-bond acceptors (Lipinski definition) is 2. The molecule has 0 saturated carbocycles. The first kappa shape index (κ1) is 17.7. The molecule has 1 heterocycles. The van der Waals surface area contributed by atoms with Gasteiger partial charge < -0.3 is 5.32 Å². The lowest BCUT2D eigenvalue weighted by molar-refractivity contribution is 0.434. The molecule has 0 aliphatic heterocycles. The summed E-state index contributed by atoms with van der Waals surface area (Å²) >= 11 is 3.68. The van der Waals surface area contributed by atoms with E-state index in [1.807, 2.05) is 0 Å². The molecule has 1 unspecified atom stereocenters. The van der Waals surface area contributed by atoms with E-state index < -0.39 is 0 Å². The fourth-order valence-electron chi connectivity index (χ4n) is 2.67. The largest absolute Gasteiger partial charge is 0.314 e. The van der Waals surface area contributed by atoms with Crippen molar-refractivity contribution < 1.29 is 0 Å². The standard InChI is InChI=1S/C16H30BrN3/c1-5-9-14(18-12-6-2)10-8-11-15-16(17)13(4)19-20(15)7-3/h14,18H,5-12H2,1-4H3. The van der Waals surface area contributed by atoms with Crippen LogP contribution in [-0.4, -0.2) is 22.4 Å². The smallest absolute Gasteiger partial charge is 0.0738 e. The first-order valence-corrected chi connectivity index (χ1v) is 8.88. The molecule has 0 bridgehead atoms. The number of aromatic nitrogens is 2. The second-order valence-corrected chi connectivity index (χ2v) is 6.29. The number of halogens is 1. The molecule has 1 rings (SSSR count). The Morgan fingerprint density at radius 1 is 1.20 bits per heavy atom. The molecular weight excluding hydrogens is 314 g/mol. The second-order valence-electron chi connectivity index (χ2n) is 5.49. The van der Waals surface area contributed by atoms with Crippen molar-refractivity contribution in [1.29, 1.82) is 0 Å². The van der Waals surface area contributed by atoms with E-state index in [1.54, 1.807) is 0 Å². The van der Waals surface area contributed by atoms with Crippen molar-refractivity contribution in [3.05, 3.63) is 15.9 Å². The molecular formula is C16H30BrN3. The van der Waals surface area contributed by atoms with Crippen molar-refractivity contribution in [2.75, 3.05) is 6.54 Å². The van der Waals surface area contributed by atoms with E-state index in [4.69, 9.17) is 0 Å². The highest BCUT2D eigenvalue weighted by Crippen LogP contribution is 2.23. The van der Waals surface area contributed by atoms with Crippen molar-refractivity contribution >= 4 is 15.9 Å². The van der Waals surface area contributed by atoms with E-state index in [0.717, 1.165) is 25.2 Å². The molecule has 3 nitrogen and oxygen atoms in total. The van der Waals surface area contributed by atoms with Crippen LogP contribution >= 0.6 is 15.9 Å². The van der Waals surface area contributed by atoms with Gasteiger partial charge in [0.15, 0.2) is 0 Å². The predicted molar refractivity (Wildman–Crippen MR) is 90.3 cm³/mol. The highest BCUT2D eigenvalue weighted by atomic mass is 79.9. The van der Waals surface area contributed by atoms with E-state index >= 15 is 0 Å². The average Bonchev–Trinajstić information content (AvgIpc) is 2.72. The summed E-state index contributed by atoms with van der Waals surface area (Å²) < 4.78 is 3.33. The Labute approximate surface area is 132 Å². The van der Waals surface area contributed by atoms with Gasteiger partial charge in [0.1, 0.15) is 0 Å². The minimum Gasteiger partial charge on any atom is -0.314 e. The van der Waals surface area contributed by atoms with Gasteiger partial charge in [-0.25, -0.2) is 0 Å². The quantitative estimate of drug-likeness (QED) is 0.679. The Morgan fingerprint density at radius 2 is 1.95 bits per heavy atom. The molecule has 1 aromatic rings. The number of hydrogen-bond donors (Lipinski definition) is 1. The summed E-state index contributed by atoms with van der Waals surface area (Å²) in [6, 6.07) is 0.679. The van der Waals surface area contributed by atoms with E-state index in [1.165, 1.54) is 42.3 Å². The zero-order valence-electron chi connectivity index (χ0n) is 13.5. The molecule has 0 aromatic carbocycles. The Hall–Kier alpha value is -0.350. The summed E-state index contributed by atoms with van der Waals surface area (Å²) in [6.45, 7) is 10.8. The van der Waals surface area contributed by atoms with Crippen LogP contribution in [0.25, 0.3) is 0 Å². The van der Waals surface area contributed by atoms with E-state index in [2.05, 4.69) is 58.7 Å². The topological polar surface area (TPSA) is 29.9 Å². The fraction of sp³-hybridized carbons (Fsp3) is 0.812. The van der Waals surface area contributed by atoms with E-state index in [9.17, 15) is 0 Å². The summed E-state index contributed by atoms with van der Waals surface area (Å²) in [4.78, 5) is 0. The van der Waals surface area contributed by atoms with Gasteiger partial charge in [0, 0.05) is 12.6 Å². The van der Waals surface area contributed by atoms with Gasteiger partial charge in [0.2, 0.25) is 0 Å². The predicted octanol–water partition coefficient (Wildman–Crippen LogP) is 4.46. The van der Waals surface area contributed by atoms with E-state index in [-0.39, 0.29) is 0 Å². The summed E-state index contributed by atoms with van der Waals surface area (Å²) in [5.74, 6) is 0. The van der Waals surface area contributed by atoms with E-state index in [0.29, 0.717) is 6.04 Å². The van der Waals surface area contributed by atoms with Gasteiger partial charge in [-0.3, -0.25) is 4.68 Å². The van der Waals surface area contributed by atoms with Crippen molar-refractivity contribution in [1.82, 2.24) is 15.1 Å². The average molecular weight is 344 g/mol. The lowest BCUT2D eigenvalue weighted by atomic mass is 10.0. The van der Waals surface area contributed by atoms with Crippen LogP contribution in [-0.2, 0) is 13.0 Å². The monoisotopic (exact) mass is 343 g/mol. The van der Waals surface area contributed by atoms with Crippen molar-refractivity contribution in [2.24, 2.45) is 0 Å². The molecule has 0 saturated heterocycles. The van der Waals surface area contributed by atoms with Crippen LogP contribution in [0.2, 0.25) is 0 Å². The van der Waals surface area contributed by atoms with Gasteiger partial charge in [-0.2, -0.15) is 5.10 Å². The molecule has 20 heavy (non-hydrogen) atoms. The Bertz CT molecular complexity index is 387. The number of rotatable bonds is 10. The van der Waals surface area contributed by atoms with Crippen LogP contribution in [0.15, 0.2) is 4.47 Å². The van der Waals surface area contributed by atoms with Gasteiger partial charge in [0.25, 0.3) is 0 Å². The molecule has 0 aliphatic carbocycles. The highest BCUT2D eigenvalue weighted by molar-refractivity contribution is 9.10. The zero-order chi connectivity index (χ0) is 15.0. The normalized spacial score (nSPS) is 12.8. The molecule has 0 fully saturated rings. The van der Waals surface area contributed by atoms with Crippen molar-refractivity contribution in [3.8, 4) is 0 Å². The second kappa shape index (κ2) is 9.56. The lowest BCUT2D eigenvalue weighted by Gasteiger charge is -2.17. The van der Waals surface area contributed by atoms with Gasteiger partial charge in [-0.1, -0.05) is 20.3 Å². The van der Waals surface area contributed by atoms with Crippen LogP contribution in [0.1, 0.15) is 64.3 Å². The minimum absolute atomic E-state index is 0.679. The third kappa shape index (κ3) is 5.21. The van der Waals surface area contributed by atoms with Crippen LogP contribution in [0.3, 0.4) is 0 Å². The molecule has 1 N–H and O–H groups in total. The molecule has 0 radical (unpaired) electrons. The van der Waals surface area contributed by atoms with Gasteiger partial charge in [0.05, 0.1) is 15.9 Å². The summed E-state index contributed by atoms with van der Waals surface area (Å²) in [6.07, 6.45) is 7.36. The first-order valence-electron chi connectivity index (χ1n) is 8.09. The fourth-order valence-corrected chi connectivity index (χ4v) is 3.15. The van der Waals surface area contributed by atoms with Crippen molar-refractivity contribution in [3.63, 3.8) is 0 Å². The summed E-state index contributed by atoms with van der Waals surface area (Å²) in [5.41, 5.74) is 2.46. The number of nitrogens with one attached hydrogen (secondary N) is 1. The highest BCUT2D eigenvalue weighted by Gasteiger charge is 2.13. The molecule has 1 atom stereocenters. The third-order valence-corrected chi connectivity index (χ3v) is 4.77. The Morgan fingerprint density at radius 3 is 2.55 bits per heavy atom. The van der Waals surface area contributed by atoms with Crippen LogP contribution in [0.5, 0.6) is 0 Å². The SMILES string of the molecule is CCCNC(CCC)CCCc1c(Br)c(C)nn1CC. The third-order valence-electron chi connectivity index (χ3n) is 3.74. The van der Waals surface area contributed by atoms with Crippen LogP contribution in [0, 0.1) is 6.92 Å². The summed E-state index contributed by atoms with van der Waals surface area (Å²) in [7, 11) is 0. The van der Waals surface area contributed by atoms with Gasteiger partial charge in [-0.15, -0.1) is 0 Å². The first-order chi connectivity index (χ1) is 9.63. The minimum atomic E-state index is 0.679. The summed E-state index contributed by atoms with van der Waals surface area (Å²) in [5, 5.41) is 8.24. The maximum Gasteiger partial charge on any atom is 0.0738 e. The molecule has 116 valence electrons. The maximum absolute atomic E-state index is 4.57. The van der Waals surface area contributed by atoms with Gasteiger partial charge >= 0.3 is 0 Å². The van der Waals surface area contributed by atoms with Crippen LogP contribution < -0.4 is 5.32 Å².